The van der Waals surface area contributed by atoms with E-state index in [1.807, 2.05) is 42.5 Å². The molecule has 1 aliphatic heterocycles. The van der Waals surface area contributed by atoms with Gasteiger partial charge in [-0.2, -0.15) is 0 Å². The summed E-state index contributed by atoms with van der Waals surface area (Å²) in [5.41, 5.74) is 4.50. The van der Waals surface area contributed by atoms with Crippen molar-refractivity contribution < 1.29 is 13.2 Å². The largest absolute Gasteiger partial charge is 0.371 e. The van der Waals surface area contributed by atoms with E-state index in [0.717, 1.165) is 53.8 Å². The van der Waals surface area contributed by atoms with Crippen molar-refractivity contribution in [3.05, 3.63) is 84.4 Å². The number of sulfonamides is 1. The third kappa shape index (κ3) is 4.95. The molecule has 1 saturated heterocycles. The molecule has 0 atom stereocenters. The second-order valence-corrected chi connectivity index (χ2v) is 11.6. The first-order valence-electron chi connectivity index (χ1n) is 11.8. The molecule has 0 aliphatic carbocycles. The lowest BCUT2D eigenvalue weighted by Crippen LogP contribution is -2.37. The number of para-hydroxylation sites is 1. The Kier molecular flexibility index (Phi) is 5.89. The molecule has 0 saturated carbocycles. The molecule has 2 N–H and O–H groups in total. The second kappa shape index (κ2) is 8.89. The predicted octanol–water partition coefficient (Wildman–Crippen LogP) is 5.58. The molecule has 1 aliphatic rings. The highest BCUT2D eigenvalue weighted by molar-refractivity contribution is 7.90. The van der Waals surface area contributed by atoms with Crippen molar-refractivity contribution in [1.29, 1.82) is 0 Å². The van der Waals surface area contributed by atoms with Crippen LogP contribution in [-0.2, 0) is 10.0 Å². The summed E-state index contributed by atoms with van der Waals surface area (Å²) in [7, 11) is -3.99. The molecule has 0 bridgehead atoms. The van der Waals surface area contributed by atoms with Crippen molar-refractivity contribution in [2.24, 2.45) is 5.41 Å². The number of piperidine rings is 1. The Bertz CT molecular complexity index is 1430. The number of benzene rings is 3. The van der Waals surface area contributed by atoms with E-state index < -0.39 is 15.9 Å². The first kappa shape index (κ1) is 23.2. The summed E-state index contributed by atoms with van der Waals surface area (Å²) in [6.45, 7) is 6.52. The molecule has 1 fully saturated rings. The van der Waals surface area contributed by atoms with E-state index in [0.29, 0.717) is 11.0 Å². The fraction of sp³-hybridized carbons (Fsp3) is 0.250. The SMILES string of the molecule is CC1(C)CCN(c2ccc(C(=O)NS(=O)(=O)c3ccc(-c4cc5ccccc5[nH]4)cc3)cc2)CC1. The molecule has 35 heavy (non-hydrogen) atoms. The summed E-state index contributed by atoms with van der Waals surface area (Å²) in [6.07, 6.45) is 2.24. The number of hydrogen-bond donors (Lipinski definition) is 2. The van der Waals surface area contributed by atoms with Crippen molar-refractivity contribution in [3.8, 4) is 11.3 Å². The normalized spacial score (nSPS) is 15.8. The number of aromatic nitrogens is 1. The number of carbonyl (C=O) groups is 1. The molecule has 2 heterocycles. The topological polar surface area (TPSA) is 82.3 Å². The lowest BCUT2D eigenvalue weighted by Gasteiger charge is -2.38. The molecule has 3 aromatic carbocycles. The molecule has 1 aromatic heterocycles. The van der Waals surface area contributed by atoms with Gasteiger partial charge in [0, 0.05) is 40.9 Å². The van der Waals surface area contributed by atoms with Crippen LogP contribution in [0.2, 0.25) is 0 Å². The van der Waals surface area contributed by atoms with Crippen LogP contribution in [-0.4, -0.2) is 32.4 Å². The molecular formula is C28H29N3O3S. The van der Waals surface area contributed by atoms with Gasteiger partial charge in [-0.15, -0.1) is 0 Å². The van der Waals surface area contributed by atoms with Gasteiger partial charge in [0.1, 0.15) is 0 Å². The van der Waals surface area contributed by atoms with E-state index in [1.165, 1.54) is 12.1 Å². The van der Waals surface area contributed by atoms with Crippen LogP contribution in [0, 0.1) is 5.41 Å². The maximum Gasteiger partial charge on any atom is 0.264 e. The number of anilines is 1. The highest BCUT2D eigenvalue weighted by Crippen LogP contribution is 2.32. The van der Waals surface area contributed by atoms with Crippen LogP contribution in [0.4, 0.5) is 5.69 Å². The van der Waals surface area contributed by atoms with Gasteiger partial charge in [-0.25, -0.2) is 13.1 Å². The van der Waals surface area contributed by atoms with E-state index in [-0.39, 0.29) is 4.90 Å². The first-order valence-corrected chi connectivity index (χ1v) is 13.3. The quantitative estimate of drug-likeness (QED) is 0.385. The summed E-state index contributed by atoms with van der Waals surface area (Å²) >= 11 is 0. The number of amides is 1. The van der Waals surface area contributed by atoms with Gasteiger partial charge in [0.2, 0.25) is 0 Å². The van der Waals surface area contributed by atoms with Crippen LogP contribution in [0.5, 0.6) is 0 Å². The smallest absolute Gasteiger partial charge is 0.264 e. The van der Waals surface area contributed by atoms with Crippen molar-refractivity contribution in [1.82, 2.24) is 9.71 Å². The highest BCUT2D eigenvalue weighted by Gasteiger charge is 2.25. The molecule has 5 rings (SSSR count). The lowest BCUT2D eigenvalue weighted by molar-refractivity contribution is 0.0981. The number of nitrogens with one attached hydrogen (secondary N) is 2. The van der Waals surface area contributed by atoms with Crippen LogP contribution < -0.4 is 9.62 Å². The number of hydrogen-bond acceptors (Lipinski definition) is 4. The van der Waals surface area contributed by atoms with Crippen molar-refractivity contribution >= 4 is 32.5 Å². The van der Waals surface area contributed by atoms with Gasteiger partial charge < -0.3 is 9.88 Å². The monoisotopic (exact) mass is 487 g/mol. The molecule has 1 amide bonds. The Morgan fingerprint density at radius 1 is 0.914 bits per heavy atom. The van der Waals surface area contributed by atoms with Gasteiger partial charge in [0.05, 0.1) is 4.90 Å². The number of aromatic amines is 1. The average molecular weight is 488 g/mol. The van der Waals surface area contributed by atoms with Crippen LogP contribution in [0.15, 0.2) is 83.8 Å². The van der Waals surface area contributed by atoms with Crippen LogP contribution in [0.3, 0.4) is 0 Å². The zero-order valence-corrected chi connectivity index (χ0v) is 20.7. The summed E-state index contributed by atoms with van der Waals surface area (Å²) in [5.74, 6) is -0.643. The van der Waals surface area contributed by atoms with Gasteiger partial charge in [-0.1, -0.05) is 44.2 Å². The minimum atomic E-state index is -3.99. The Hall–Kier alpha value is -3.58. The fourth-order valence-electron chi connectivity index (χ4n) is 4.48. The van der Waals surface area contributed by atoms with Gasteiger partial charge in [0.15, 0.2) is 0 Å². The summed E-state index contributed by atoms with van der Waals surface area (Å²) in [6, 6.07) is 23.6. The predicted molar refractivity (Wildman–Crippen MR) is 140 cm³/mol. The van der Waals surface area contributed by atoms with Crippen molar-refractivity contribution in [2.45, 2.75) is 31.6 Å². The maximum atomic E-state index is 12.8. The zero-order valence-electron chi connectivity index (χ0n) is 19.9. The third-order valence-corrected chi connectivity index (χ3v) is 8.19. The number of H-pyrrole nitrogens is 1. The Labute approximate surface area is 206 Å². The number of nitrogens with zero attached hydrogens (tertiary/aromatic N) is 1. The van der Waals surface area contributed by atoms with E-state index >= 15 is 0 Å². The number of fused-ring (bicyclic) bond motifs is 1. The van der Waals surface area contributed by atoms with E-state index in [4.69, 9.17) is 0 Å². The minimum absolute atomic E-state index is 0.0401. The standard InChI is InChI=1S/C28H29N3O3S/c1-28(2)15-17-31(18-16-28)23-11-7-21(8-12-23)27(32)30-35(33,34)24-13-9-20(10-14-24)26-19-22-5-3-4-6-25(22)29-26/h3-14,19,29H,15-18H2,1-2H3,(H,30,32). The van der Waals surface area contributed by atoms with Crippen LogP contribution in [0.1, 0.15) is 37.0 Å². The van der Waals surface area contributed by atoms with Crippen LogP contribution in [0.25, 0.3) is 22.2 Å². The molecule has 0 radical (unpaired) electrons. The first-order chi connectivity index (χ1) is 16.7. The molecular weight excluding hydrogens is 458 g/mol. The molecule has 180 valence electrons. The summed E-state index contributed by atoms with van der Waals surface area (Å²) < 4.78 is 27.9. The van der Waals surface area contributed by atoms with Gasteiger partial charge in [-0.3, -0.25) is 4.79 Å². The van der Waals surface area contributed by atoms with E-state index in [2.05, 4.69) is 28.5 Å². The fourth-order valence-corrected chi connectivity index (χ4v) is 5.45. The number of rotatable bonds is 5. The van der Waals surface area contributed by atoms with Gasteiger partial charge in [0.25, 0.3) is 15.9 Å². The molecule has 7 heteroatoms. The van der Waals surface area contributed by atoms with Gasteiger partial charge >= 0.3 is 0 Å². The van der Waals surface area contributed by atoms with Gasteiger partial charge in [-0.05, 0) is 72.4 Å². The molecule has 0 unspecified atom stereocenters. The minimum Gasteiger partial charge on any atom is -0.371 e. The maximum absolute atomic E-state index is 12.8. The van der Waals surface area contributed by atoms with E-state index in [1.54, 1.807) is 24.3 Å². The van der Waals surface area contributed by atoms with Crippen LogP contribution >= 0.6 is 0 Å². The molecule has 4 aromatic rings. The molecule has 0 spiro atoms. The summed E-state index contributed by atoms with van der Waals surface area (Å²) in [5, 5.41) is 1.08. The van der Waals surface area contributed by atoms with E-state index in [9.17, 15) is 13.2 Å². The Morgan fingerprint density at radius 2 is 1.57 bits per heavy atom. The zero-order chi connectivity index (χ0) is 24.6. The third-order valence-electron chi connectivity index (χ3n) is 6.84. The average Bonchev–Trinajstić information content (AvgIpc) is 3.28. The number of carbonyl (C=O) groups excluding carboxylic acids is 1. The Morgan fingerprint density at radius 3 is 2.23 bits per heavy atom. The second-order valence-electron chi connectivity index (χ2n) is 9.93. The Balaban J connectivity index is 1.26. The molecule has 6 nitrogen and oxygen atoms in total. The van der Waals surface area contributed by atoms with Crippen molar-refractivity contribution in [3.63, 3.8) is 0 Å². The van der Waals surface area contributed by atoms with Crippen molar-refractivity contribution in [2.75, 3.05) is 18.0 Å². The summed E-state index contributed by atoms with van der Waals surface area (Å²) in [4.78, 5) is 18.4. The lowest BCUT2D eigenvalue weighted by atomic mass is 9.82. The highest BCUT2D eigenvalue weighted by atomic mass is 32.2.